The van der Waals surface area contributed by atoms with Crippen LogP contribution in [0.4, 0.5) is 5.69 Å². The van der Waals surface area contributed by atoms with Crippen molar-refractivity contribution in [1.82, 2.24) is 0 Å². The van der Waals surface area contributed by atoms with E-state index in [0.717, 1.165) is 11.1 Å². The number of carbonyl (C=O) groups is 2. The third kappa shape index (κ3) is 3.91. The number of amides is 1. The molecule has 0 saturated carbocycles. The maximum Gasteiger partial charge on any atom is 0.305 e. The summed E-state index contributed by atoms with van der Waals surface area (Å²) in [6.45, 7) is 0. The van der Waals surface area contributed by atoms with Gasteiger partial charge in [0.25, 0.3) is 0 Å². The van der Waals surface area contributed by atoms with Crippen LogP contribution in [0, 0.1) is 0 Å². The molecule has 25 heavy (non-hydrogen) atoms. The number of hydrogen-bond donors (Lipinski definition) is 2. The van der Waals surface area contributed by atoms with Crippen LogP contribution in [0.5, 0.6) is 5.75 Å². The molecule has 1 amide bonds. The van der Waals surface area contributed by atoms with E-state index in [1.807, 2.05) is 24.3 Å². The first kappa shape index (κ1) is 17.6. The first-order valence-electron chi connectivity index (χ1n) is 7.59. The van der Waals surface area contributed by atoms with E-state index in [-0.39, 0.29) is 17.6 Å². The molecule has 0 aliphatic carbocycles. The van der Waals surface area contributed by atoms with Gasteiger partial charge in [-0.1, -0.05) is 23.7 Å². The fourth-order valence-electron chi connectivity index (χ4n) is 2.74. The van der Waals surface area contributed by atoms with Gasteiger partial charge in [-0.25, -0.2) is 0 Å². The molecule has 0 unspecified atom stereocenters. The minimum absolute atomic E-state index is 0.243. The molecule has 1 aliphatic rings. The quantitative estimate of drug-likeness (QED) is 0.843. The molecule has 0 radical (unpaired) electrons. The Morgan fingerprint density at radius 1 is 1.32 bits per heavy atom. The van der Waals surface area contributed by atoms with E-state index in [0.29, 0.717) is 16.5 Å². The molecule has 2 N–H and O–H groups in total. The highest BCUT2D eigenvalue weighted by atomic mass is 35.5. The maximum absolute atomic E-state index is 12.4. The molecule has 3 rings (SSSR count). The second kappa shape index (κ2) is 7.37. The molecule has 2 atom stereocenters. The van der Waals surface area contributed by atoms with Crippen LogP contribution in [0.2, 0.25) is 5.02 Å². The van der Waals surface area contributed by atoms with Crippen molar-refractivity contribution in [2.45, 2.75) is 16.9 Å². The number of benzene rings is 2. The molecule has 130 valence electrons. The van der Waals surface area contributed by atoms with Crippen LogP contribution in [0.3, 0.4) is 0 Å². The minimum atomic E-state index is -1.01. The lowest BCUT2D eigenvalue weighted by molar-refractivity contribution is -0.138. The number of carbonyl (C=O) groups excluding carboxylic acids is 1. The highest BCUT2D eigenvalue weighted by Gasteiger charge is 2.33. The number of anilines is 1. The van der Waals surface area contributed by atoms with Gasteiger partial charge in [0.2, 0.25) is 5.91 Å². The van der Waals surface area contributed by atoms with Crippen molar-refractivity contribution in [3.05, 3.63) is 58.6 Å². The number of thioether (sulfide) groups is 1. The first-order chi connectivity index (χ1) is 12.0. The van der Waals surface area contributed by atoms with Crippen molar-refractivity contribution in [2.24, 2.45) is 0 Å². The van der Waals surface area contributed by atoms with E-state index < -0.39 is 11.2 Å². The number of aliphatic carboxylic acids is 1. The smallest absolute Gasteiger partial charge is 0.305 e. The van der Waals surface area contributed by atoms with Gasteiger partial charge in [0.1, 0.15) is 5.75 Å². The fraction of sp³-hybridized carbons (Fsp3) is 0.222. The van der Waals surface area contributed by atoms with Crippen LogP contribution < -0.4 is 10.1 Å². The summed E-state index contributed by atoms with van der Waals surface area (Å²) in [5.41, 5.74) is 2.40. The molecule has 0 spiro atoms. The van der Waals surface area contributed by atoms with Gasteiger partial charge >= 0.3 is 5.97 Å². The van der Waals surface area contributed by atoms with Gasteiger partial charge in [0.15, 0.2) is 0 Å². The number of methoxy groups -OCH3 is 1. The number of carboxylic acid groups (broad SMARTS) is 1. The van der Waals surface area contributed by atoms with Crippen molar-refractivity contribution in [1.29, 1.82) is 0 Å². The van der Waals surface area contributed by atoms with Crippen LogP contribution in [0.15, 0.2) is 42.5 Å². The Kier molecular flexibility index (Phi) is 5.20. The van der Waals surface area contributed by atoms with Gasteiger partial charge < -0.3 is 15.2 Å². The highest BCUT2D eigenvalue weighted by Crippen LogP contribution is 2.46. The number of rotatable bonds is 4. The topological polar surface area (TPSA) is 75.6 Å². The Labute approximate surface area is 154 Å². The summed E-state index contributed by atoms with van der Waals surface area (Å²) in [6, 6.07) is 12.8. The number of hydrogen-bond acceptors (Lipinski definition) is 4. The average Bonchev–Trinajstić information content (AvgIpc) is 2.72. The normalized spacial score (nSPS) is 19.5. The predicted octanol–water partition coefficient (Wildman–Crippen LogP) is 3.97. The molecule has 5 nitrogen and oxygen atoms in total. The third-order valence-corrected chi connectivity index (χ3v) is 5.65. The number of fused-ring (bicyclic) bond motifs is 1. The van der Waals surface area contributed by atoms with Gasteiger partial charge in [-0.2, -0.15) is 0 Å². The molecule has 2 aromatic carbocycles. The van der Waals surface area contributed by atoms with Gasteiger partial charge in [-0.15, -0.1) is 11.8 Å². The summed E-state index contributed by atoms with van der Waals surface area (Å²) in [6.07, 6.45) is -0.251. The number of nitrogens with one attached hydrogen (secondary N) is 1. The largest absolute Gasteiger partial charge is 0.497 e. The minimum Gasteiger partial charge on any atom is -0.497 e. The standard InChI is InChI=1S/C18H16ClNO4S/c1-24-12-4-2-3-10(7-12)17-13-8-11(19)5-6-14(13)20-18(23)15(25-17)9-16(21)22/h2-8,15,17H,9H2,1H3,(H,20,23)(H,21,22)/t15-,17-/m1/s1. The summed E-state index contributed by atoms with van der Waals surface area (Å²) < 4.78 is 5.29. The lowest BCUT2D eigenvalue weighted by Gasteiger charge is -2.20. The zero-order valence-electron chi connectivity index (χ0n) is 13.4. The molecule has 7 heteroatoms. The molecular weight excluding hydrogens is 362 g/mol. The van der Waals surface area contributed by atoms with Gasteiger partial charge in [-0.05, 0) is 41.5 Å². The van der Waals surface area contributed by atoms with E-state index in [1.54, 1.807) is 25.3 Å². The highest BCUT2D eigenvalue weighted by molar-refractivity contribution is 8.01. The van der Waals surface area contributed by atoms with Gasteiger partial charge in [0, 0.05) is 10.7 Å². The molecule has 0 bridgehead atoms. The Morgan fingerprint density at radius 3 is 2.84 bits per heavy atom. The monoisotopic (exact) mass is 377 g/mol. The van der Waals surface area contributed by atoms with Crippen molar-refractivity contribution < 1.29 is 19.4 Å². The van der Waals surface area contributed by atoms with Crippen LogP contribution in [0.25, 0.3) is 0 Å². The molecule has 1 aliphatic heterocycles. The van der Waals surface area contributed by atoms with Crippen molar-refractivity contribution in [3.8, 4) is 5.75 Å². The predicted molar refractivity (Wildman–Crippen MR) is 98.6 cm³/mol. The average molecular weight is 378 g/mol. The van der Waals surface area contributed by atoms with Crippen LogP contribution in [-0.2, 0) is 9.59 Å². The third-order valence-electron chi connectivity index (χ3n) is 3.90. The van der Waals surface area contributed by atoms with Gasteiger partial charge in [-0.3, -0.25) is 9.59 Å². The molecule has 1 heterocycles. The number of ether oxygens (including phenoxy) is 1. The second-order valence-corrected chi connectivity index (χ2v) is 7.35. The van der Waals surface area contributed by atoms with Crippen LogP contribution in [0.1, 0.15) is 22.8 Å². The summed E-state index contributed by atoms with van der Waals surface area (Å²) >= 11 is 7.46. The summed E-state index contributed by atoms with van der Waals surface area (Å²) in [5.74, 6) is -0.637. The molecule has 2 aromatic rings. The van der Waals surface area contributed by atoms with Crippen LogP contribution >= 0.6 is 23.4 Å². The Morgan fingerprint density at radius 2 is 2.12 bits per heavy atom. The fourth-order valence-corrected chi connectivity index (χ4v) is 4.31. The lowest BCUT2D eigenvalue weighted by atomic mass is 10.0. The van der Waals surface area contributed by atoms with Crippen molar-refractivity contribution in [3.63, 3.8) is 0 Å². The Bertz CT molecular complexity index is 826. The molecule has 0 saturated heterocycles. The zero-order valence-corrected chi connectivity index (χ0v) is 14.9. The zero-order chi connectivity index (χ0) is 18.0. The first-order valence-corrected chi connectivity index (χ1v) is 8.91. The van der Waals surface area contributed by atoms with Crippen LogP contribution in [-0.4, -0.2) is 29.3 Å². The SMILES string of the molecule is COc1cccc([C@H]2S[C@H](CC(=O)O)C(=O)Nc3ccc(Cl)cc32)c1. The maximum atomic E-state index is 12.4. The summed E-state index contributed by atoms with van der Waals surface area (Å²) in [7, 11) is 1.59. The van der Waals surface area contributed by atoms with E-state index in [9.17, 15) is 9.59 Å². The molecular formula is C18H16ClNO4S. The van der Waals surface area contributed by atoms with Crippen molar-refractivity contribution >= 4 is 40.9 Å². The summed E-state index contributed by atoms with van der Waals surface area (Å²) in [5, 5.41) is 11.6. The Hall–Kier alpha value is -2.18. The Balaban J connectivity index is 2.09. The van der Waals surface area contributed by atoms with Gasteiger partial charge in [0.05, 0.1) is 24.0 Å². The van der Waals surface area contributed by atoms with E-state index in [1.165, 1.54) is 11.8 Å². The number of carboxylic acids is 1. The van der Waals surface area contributed by atoms with E-state index >= 15 is 0 Å². The number of halogens is 1. The summed E-state index contributed by atoms with van der Waals surface area (Å²) in [4.78, 5) is 23.6. The van der Waals surface area contributed by atoms with E-state index in [4.69, 9.17) is 21.4 Å². The molecule has 0 fully saturated rings. The van der Waals surface area contributed by atoms with E-state index in [2.05, 4.69) is 5.32 Å². The van der Waals surface area contributed by atoms with Crippen molar-refractivity contribution in [2.75, 3.05) is 12.4 Å². The second-order valence-electron chi connectivity index (χ2n) is 5.60. The lowest BCUT2D eigenvalue weighted by Crippen LogP contribution is -2.26. The molecule has 0 aromatic heterocycles.